The van der Waals surface area contributed by atoms with Gasteiger partial charge in [-0.15, -0.1) is 10.2 Å². The predicted octanol–water partition coefficient (Wildman–Crippen LogP) is 7.23. The first kappa shape index (κ1) is 34.2. The number of hydrogen-bond acceptors (Lipinski definition) is 6. The minimum atomic E-state index is -0.0191. The van der Waals surface area contributed by atoms with Crippen molar-refractivity contribution in [1.29, 1.82) is 0 Å². The third-order valence-electron chi connectivity index (χ3n) is 8.76. The van der Waals surface area contributed by atoms with Crippen LogP contribution in [-0.2, 0) is 17.6 Å². The second-order valence-corrected chi connectivity index (χ2v) is 13.3. The molecule has 0 aliphatic carbocycles. The molecule has 248 valence electrons. The Hall–Kier alpha value is -4.11. The molecule has 1 aliphatic heterocycles. The third-order valence-corrected chi connectivity index (χ3v) is 9.78. The van der Waals surface area contributed by atoms with Gasteiger partial charge in [-0.2, -0.15) is 0 Å². The first-order valence-corrected chi connectivity index (χ1v) is 17.9. The smallest absolute Gasteiger partial charge is 0.254 e. The summed E-state index contributed by atoms with van der Waals surface area (Å²) in [6.45, 7) is 5.96. The summed E-state index contributed by atoms with van der Waals surface area (Å²) in [6, 6.07) is 26.3. The molecule has 1 saturated heterocycles. The zero-order valence-electron chi connectivity index (χ0n) is 27.9. The summed E-state index contributed by atoms with van der Waals surface area (Å²) in [5.41, 5.74) is 4.17. The minimum absolute atomic E-state index is 0.0191. The average molecular weight is 654 g/mol. The minimum Gasteiger partial charge on any atom is -0.497 e. The Morgan fingerprint density at radius 1 is 0.872 bits per heavy atom. The largest absolute Gasteiger partial charge is 0.497 e. The Morgan fingerprint density at radius 3 is 2.34 bits per heavy atom. The standard InChI is InChI=1S/C38H47N5O3S/c1-4-5-7-12-30-16-18-32(19-17-30)37(45)42-25-24-41(28-29(42)2)36(44)15-10-11-26-47-38-40-39-35(27-31-13-8-6-9-14-31)43(38)33-20-22-34(46-3)23-21-33/h6,8-9,13-14,16-23,29H,4-5,7,10-12,15,24-28H2,1-3H3. The number of unbranched alkanes of at least 4 members (excludes halogenated alkanes) is 3. The van der Waals surface area contributed by atoms with Crippen LogP contribution in [0.5, 0.6) is 5.75 Å². The number of benzene rings is 3. The summed E-state index contributed by atoms with van der Waals surface area (Å²) in [6.07, 6.45) is 7.54. The molecule has 0 spiro atoms. The van der Waals surface area contributed by atoms with Crippen LogP contribution in [0.1, 0.15) is 79.7 Å². The highest BCUT2D eigenvalue weighted by atomic mass is 32.2. The summed E-state index contributed by atoms with van der Waals surface area (Å²) >= 11 is 1.67. The van der Waals surface area contributed by atoms with E-state index >= 15 is 0 Å². The van der Waals surface area contributed by atoms with Crippen molar-refractivity contribution in [3.63, 3.8) is 0 Å². The van der Waals surface area contributed by atoms with E-state index in [0.29, 0.717) is 32.5 Å². The van der Waals surface area contributed by atoms with Gasteiger partial charge in [0, 0.05) is 55.5 Å². The second kappa shape index (κ2) is 17.2. The molecule has 8 nitrogen and oxygen atoms in total. The highest BCUT2D eigenvalue weighted by Crippen LogP contribution is 2.26. The summed E-state index contributed by atoms with van der Waals surface area (Å²) in [4.78, 5) is 30.2. The number of aromatic nitrogens is 3. The molecule has 47 heavy (non-hydrogen) atoms. The van der Waals surface area contributed by atoms with E-state index < -0.39 is 0 Å². The molecule has 5 rings (SSSR count). The van der Waals surface area contributed by atoms with Gasteiger partial charge in [0.05, 0.1) is 7.11 Å². The van der Waals surface area contributed by atoms with E-state index in [1.807, 2.05) is 71.3 Å². The van der Waals surface area contributed by atoms with E-state index in [-0.39, 0.29) is 17.9 Å². The van der Waals surface area contributed by atoms with Crippen LogP contribution >= 0.6 is 11.8 Å². The van der Waals surface area contributed by atoms with Gasteiger partial charge in [-0.05, 0) is 80.1 Å². The number of piperazine rings is 1. The maximum absolute atomic E-state index is 13.3. The van der Waals surface area contributed by atoms with E-state index in [9.17, 15) is 9.59 Å². The van der Waals surface area contributed by atoms with Crippen molar-refractivity contribution in [3.05, 3.63) is 101 Å². The first-order valence-electron chi connectivity index (χ1n) is 16.9. The fourth-order valence-electron chi connectivity index (χ4n) is 6.02. The molecule has 0 saturated carbocycles. The van der Waals surface area contributed by atoms with Crippen LogP contribution in [-0.4, -0.2) is 74.9 Å². The molecule has 3 aromatic carbocycles. The molecule has 0 N–H and O–H groups in total. The molecule has 2 amide bonds. The van der Waals surface area contributed by atoms with Crippen LogP contribution in [0, 0.1) is 0 Å². The van der Waals surface area contributed by atoms with Crippen LogP contribution in [0.2, 0.25) is 0 Å². The molecule has 1 atom stereocenters. The molecular weight excluding hydrogens is 607 g/mol. The summed E-state index contributed by atoms with van der Waals surface area (Å²) < 4.78 is 7.48. The molecule has 4 aromatic rings. The van der Waals surface area contributed by atoms with E-state index in [4.69, 9.17) is 4.74 Å². The maximum atomic E-state index is 13.3. The monoisotopic (exact) mass is 653 g/mol. The zero-order valence-corrected chi connectivity index (χ0v) is 28.8. The van der Waals surface area contributed by atoms with Gasteiger partial charge in [0.2, 0.25) is 5.91 Å². The van der Waals surface area contributed by atoms with Crippen LogP contribution < -0.4 is 4.74 Å². The Labute approximate surface area is 283 Å². The number of carbonyl (C=O) groups is 2. The van der Waals surface area contributed by atoms with Crippen molar-refractivity contribution in [3.8, 4) is 11.4 Å². The van der Waals surface area contributed by atoms with E-state index in [1.165, 1.54) is 30.4 Å². The van der Waals surface area contributed by atoms with E-state index in [0.717, 1.165) is 53.0 Å². The summed E-state index contributed by atoms with van der Waals surface area (Å²) in [7, 11) is 1.66. The van der Waals surface area contributed by atoms with Gasteiger partial charge < -0.3 is 14.5 Å². The van der Waals surface area contributed by atoms with Gasteiger partial charge >= 0.3 is 0 Å². The Bertz CT molecular complexity index is 1570. The van der Waals surface area contributed by atoms with Crippen molar-refractivity contribution in [2.45, 2.75) is 76.4 Å². The number of nitrogens with zero attached hydrogens (tertiary/aromatic N) is 5. The van der Waals surface area contributed by atoms with Crippen LogP contribution in [0.15, 0.2) is 84.0 Å². The quantitative estimate of drug-likeness (QED) is 0.0995. The first-order chi connectivity index (χ1) is 23.0. The van der Waals surface area contributed by atoms with Crippen LogP contribution in [0.25, 0.3) is 5.69 Å². The number of rotatable bonds is 15. The molecule has 2 heterocycles. The lowest BCUT2D eigenvalue weighted by atomic mass is 10.0. The average Bonchev–Trinajstić information content (AvgIpc) is 3.50. The number of hydrogen-bond donors (Lipinski definition) is 0. The normalized spacial score (nSPS) is 14.7. The molecule has 1 aromatic heterocycles. The molecule has 9 heteroatoms. The van der Waals surface area contributed by atoms with Gasteiger partial charge in [-0.25, -0.2) is 0 Å². The fourth-order valence-corrected chi connectivity index (χ4v) is 6.99. The third kappa shape index (κ3) is 9.25. The number of methoxy groups -OCH3 is 1. The van der Waals surface area contributed by atoms with Gasteiger partial charge in [-0.3, -0.25) is 14.2 Å². The molecular formula is C38H47N5O3S. The second-order valence-electron chi connectivity index (χ2n) is 12.2. The van der Waals surface area contributed by atoms with Crippen molar-refractivity contribution in [2.24, 2.45) is 0 Å². The fraction of sp³-hybridized carbons (Fsp3) is 0.421. The molecule has 1 unspecified atom stereocenters. The van der Waals surface area contributed by atoms with Gasteiger partial charge in [0.25, 0.3) is 5.91 Å². The molecule has 1 fully saturated rings. The molecule has 0 radical (unpaired) electrons. The highest BCUT2D eigenvalue weighted by molar-refractivity contribution is 7.99. The van der Waals surface area contributed by atoms with Gasteiger partial charge in [0.1, 0.15) is 11.6 Å². The lowest BCUT2D eigenvalue weighted by Crippen LogP contribution is -2.55. The topological polar surface area (TPSA) is 80.6 Å². The lowest BCUT2D eigenvalue weighted by molar-refractivity contribution is -0.133. The molecule has 0 bridgehead atoms. The summed E-state index contributed by atoms with van der Waals surface area (Å²) in [5.74, 6) is 2.73. The predicted molar refractivity (Wildman–Crippen MR) is 188 cm³/mol. The van der Waals surface area contributed by atoms with Crippen LogP contribution in [0.3, 0.4) is 0 Å². The summed E-state index contributed by atoms with van der Waals surface area (Å²) in [5, 5.41) is 9.94. The number of aryl methyl sites for hydroxylation is 1. The van der Waals surface area contributed by atoms with Crippen molar-refractivity contribution < 1.29 is 14.3 Å². The van der Waals surface area contributed by atoms with Gasteiger partial charge in [0.15, 0.2) is 5.16 Å². The van der Waals surface area contributed by atoms with E-state index in [1.54, 1.807) is 18.9 Å². The zero-order chi connectivity index (χ0) is 33.0. The van der Waals surface area contributed by atoms with Crippen molar-refractivity contribution in [2.75, 3.05) is 32.5 Å². The highest BCUT2D eigenvalue weighted by Gasteiger charge is 2.30. The van der Waals surface area contributed by atoms with Crippen molar-refractivity contribution in [1.82, 2.24) is 24.6 Å². The number of ether oxygens (including phenoxy) is 1. The Balaban J connectivity index is 1.09. The van der Waals surface area contributed by atoms with E-state index in [2.05, 4.69) is 46.0 Å². The van der Waals surface area contributed by atoms with Crippen LogP contribution in [0.4, 0.5) is 0 Å². The lowest BCUT2D eigenvalue weighted by Gasteiger charge is -2.40. The Morgan fingerprint density at radius 2 is 1.64 bits per heavy atom. The SMILES string of the molecule is CCCCCc1ccc(C(=O)N2CCN(C(=O)CCCCSc3nnc(Cc4ccccc4)n3-c3ccc(OC)cc3)CC2C)cc1. The number of amides is 2. The number of carbonyl (C=O) groups excluding carboxylic acids is 2. The maximum Gasteiger partial charge on any atom is 0.254 e. The van der Waals surface area contributed by atoms with Gasteiger partial charge in [-0.1, -0.05) is 74.0 Å². The Kier molecular flexibility index (Phi) is 12.5. The number of thioether (sulfide) groups is 1. The molecule has 1 aliphatic rings. The van der Waals surface area contributed by atoms with Crippen molar-refractivity contribution >= 4 is 23.6 Å².